The first kappa shape index (κ1) is 22.5. The number of primary amides is 1. The van der Waals surface area contributed by atoms with Gasteiger partial charge in [-0.1, -0.05) is 51.6 Å². The summed E-state index contributed by atoms with van der Waals surface area (Å²) in [7, 11) is -3.41. The number of hydrogen-bond donors (Lipinski definition) is 2. The topological polar surface area (TPSA) is 98.5 Å². The number of benzene rings is 2. The number of sulfonamides is 1. The first-order valence-corrected chi connectivity index (χ1v) is 11.1. The first-order valence-electron chi connectivity index (χ1n) is 9.19. The van der Waals surface area contributed by atoms with Gasteiger partial charge in [0.15, 0.2) is 6.10 Å². The largest absolute Gasteiger partial charge is 0.480 e. The summed E-state index contributed by atoms with van der Waals surface area (Å²) in [4.78, 5) is 11.9. The highest BCUT2D eigenvalue weighted by atomic mass is 32.2. The van der Waals surface area contributed by atoms with Gasteiger partial charge in [-0.3, -0.25) is 9.52 Å². The molecule has 1 amide bonds. The van der Waals surface area contributed by atoms with Crippen molar-refractivity contribution in [2.75, 3.05) is 11.0 Å². The van der Waals surface area contributed by atoms with Gasteiger partial charge < -0.3 is 10.5 Å². The number of anilines is 1. The van der Waals surface area contributed by atoms with Gasteiger partial charge in [-0.25, -0.2) is 8.42 Å². The average Bonchev–Trinajstić information content (AvgIpc) is 2.60. The lowest BCUT2D eigenvalue weighted by Crippen LogP contribution is -2.35. The number of nitrogens with one attached hydrogen (secondary N) is 1. The number of rotatable bonds is 8. The van der Waals surface area contributed by atoms with Crippen LogP contribution in [-0.4, -0.2) is 26.7 Å². The molecule has 2 aromatic rings. The van der Waals surface area contributed by atoms with E-state index in [1.807, 2.05) is 24.3 Å². The molecule has 156 valence electrons. The molecule has 0 saturated carbocycles. The molecule has 0 heterocycles. The SMILES string of the molecule is C=Cc1cc(CC(Oc2ccc(C(C)(C)C)cc2)C(N)=O)ccc1NS(C)(=O)=O. The number of carbonyl (C=O) groups excluding carboxylic acids is 1. The van der Waals surface area contributed by atoms with Gasteiger partial charge >= 0.3 is 0 Å². The van der Waals surface area contributed by atoms with Crippen molar-refractivity contribution in [3.63, 3.8) is 0 Å². The van der Waals surface area contributed by atoms with E-state index < -0.39 is 22.0 Å². The monoisotopic (exact) mass is 416 g/mol. The molecule has 7 heteroatoms. The van der Waals surface area contributed by atoms with Crippen LogP contribution < -0.4 is 15.2 Å². The van der Waals surface area contributed by atoms with E-state index in [1.54, 1.807) is 24.3 Å². The quantitative estimate of drug-likeness (QED) is 0.688. The number of ether oxygens (including phenoxy) is 1. The van der Waals surface area contributed by atoms with Crippen LogP contribution in [0.3, 0.4) is 0 Å². The molecule has 1 atom stereocenters. The summed E-state index contributed by atoms with van der Waals surface area (Å²) >= 11 is 0. The third-order valence-corrected chi connectivity index (χ3v) is 4.96. The maximum absolute atomic E-state index is 11.9. The van der Waals surface area contributed by atoms with E-state index in [0.29, 0.717) is 17.0 Å². The molecule has 0 fully saturated rings. The smallest absolute Gasteiger partial charge is 0.258 e. The second kappa shape index (κ2) is 8.69. The van der Waals surface area contributed by atoms with Crippen LogP contribution in [0.4, 0.5) is 5.69 Å². The maximum atomic E-state index is 11.9. The fourth-order valence-corrected chi connectivity index (χ4v) is 3.40. The number of amides is 1. The summed E-state index contributed by atoms with van der Waals surface area (Å²) in [6, 6.07) is 12.7. The Labute approximate surface area is 172 Å². The highest BCUT2D eigenvalue weighted by Gasteiger charge is 2.20. The molecule has 0 bridgehead atoms. The van der Waals surface area contributed by atoms with Crippen LogP contribution in [0.1, 0.15) is 37.5 Å². The zero-order valence-electron chi connectivity index (χ0n) is 17.2. The van der Waals surface area contributed by atoms with Gasteiger partial charge in [0, 0.05) is 6.42 Å². The van der Waals surface area contributed by atoms with E-state index in [4.69, 9.17) is 10.5 Å². The predicted molar refractivity (Wildman–Crippen MR) is 117 cm³/mol. The molecular weight excluding hydrogens is 388 g/mol. The molecule has 0 aliphatic carbocycles. The molecule has 6 nitrogen and oxygen atoms in total. The average molecular weight is 417 g/mol. The third-order valence-electron chi connectivity index (χ3n) is 4.37. The minimum atomic E-state index is -3.41. The fraction of sp³-hybridized carbons (Fsp3) is 0.318. The predicted octanol–water partition coefficient (Wildman–Crippen LogP) is 3.47. The van der Waals surface area contributed by atoms with Crippen molar-refractivity contribution in [3.8, 4) is 5.75 Å². The van der Waals surface area contributed by atoms with Crippen LogP contribution in [0.25, 0.3) is 6.08 Å². The van der Waals surface area contributed by atoms with Crippen LogP contribution in [0.5, 0.6) is 5.75 Å². The Morgan fingerprint density at radius 3 is 2.31 bits per heavy atom. The van der Waals surface area contributed by atoms with Crippen molar-refractivity contribution >= 4 is 27.7 Å². The van der Waals surface area contributed by atoms with Crippen LogP contribution in [0.2, 0.25) is 0 Å². The van der Waals surface area contributed by atoms with Gasteiger partial charge in [-0.05, 0) is 46.4 Å². The molecule has 0 radical (unpaired) electrons. The van der Waals surface area contributed by atoms with Crippen molar-refractivity contribution in [1.82, 2.24) is 0 Å². The van der Waals surface area contributed by atoms with Crippen LogP contribution in [0.15, 0.2) is 49.0 Å². The van der Waals surface area contributed by atoms with E-state index >= 15 is 0 Å². The van der Waals surface area contributed by atoms with Gasteiger partial charge in [-0.15, -0.1) is 0 Å². The Balaban J connectivity index is 2.20. The number of hydrogen-bond acceptors (Lipinski definition) is 4. The minimum absolute atomic E-state index is 0.0183. The lowest BCUT2D eigenvalue weighted by Gasteiger charge is -2.21. The van der Waals surface area contributed by atoms with Crippen molar-refractivity contribution in [3.05, 3.63) is 65.7 Å². The highest BCUT2D eigenvalue weighted by Crippen LogP contribution is 2.25. The second-order valence-corrected chi connectivity index (χ2v) is 9.74. The zero-order chi connectivity index (χ0) is 21.8. The highest BCUT2D eigenvalue weighted by molar-refractivity contribution is 7.92. The molecule has 2 aromatic carbocycles. The molecule has 0 saturated heterocycles. The van der Waals surface area contributed by atoms with Crippen LogP contribution >= 0.6 is 0 Å². The van der Waals surface area contributed by atoms with Gasteiger partial charge in [-0.2, -0.15) is 0 Å². The van der Waals surface area contributed by atoms with Gasteiger partial charge in [0.05, 0.1) is 11.9 Å². The van der Waals surface area contributed by atoms with E-state index in [1.165, 1.54) is 0 Å². The molecule has 0 aromatic heterocycles. The summed E-state index contributed by atoms with van der Waals surface area (Å²) in [5, 5.41) is 0. The molecule has 1 unspecified atom stereocenters. The lowest BCUT2D eigenvalue weighted by molar-refractivity contribution is -0.124. The van der Waals surface area contributed by atoms with E-state index in [0.717, 1.165) is 17.4 Å². The molecule has 0 spiro atoms. The lowest BCUT2D eigenvalue weighted by atomic mass is 9.87. The van der Waals surface area contributed by atoms with Crippen molar-refractivity contribution < 1.29 is 17.9 Å². The first-order chi connectivity index (χ1) is 13.4. The van der Waals surface area contributed by atoms with Crippen LogP contribution in [0, 0.1) is 0 Å². The summed E-state index contributed by atoms with van der Waals surface area (Å²) in [5.41, 5.74) is 8.51. The van der Waals surface area contributed by atoms with E-state index in [-0.39, 0.29) is 11.8 Å². The molecule has 29 heavy (non-hydrogen) atoms. The summed E-state index contributed by atoms with van der Waals surface area (Å²) < 4.78 is 31.2. The Hall–Kier alpha value is -2.80. The Kier molecular flexibility index (Phi) is 6.74. The summed E-state index contributed by atoms with van der Waals surface area (Å²) in [6.07, 6.45) is 2.01. The van der Waals surface area contributed by atoms with Gasteiger partial charge in [0.2, 0.25) is 10.0 Å². The second-order valence-electron chi connectivity index (χ2n) is 7.99. The Morgan fingerprint density at radius 2 is 1.83 bits per heavy atom. The zero-order valence-corrected chi connectivity index (χ0v) is 18.0. The Bertz CT molecular complexity index is 990. The number of carbonyl (C=O) groups is 1. The van der Waals surface area contributed by atoms with E-state index in [9.17, 15) is 13.2 Å². The number of nitrogens with two attached hydrogens (primary N) is 1. The summed E-state index contributed by atoms with van der Waals surface area (Å²) in [6.45, 7) is 10.1. The maximum Gasteiger partial charge on any atom is 0.258 e. The summed E-state index contributed by atoms with van der Waals surface area (Å²) in [5.74, 6) is -0.0236. The molecule has 3 N–H and O–H groups in total. The molecule has 2 rings (SSSR count). The van der Waals surface area contributed by atoms with E-state index in [2.05, 4.69) is 32.1 Å². The van der Waals surface area contributed by atoms with Crippen molar-refractivity contribution in [2.24, 2.45) is 5.73 Å². The molecule has 0 aliphatic heterocycles. The fourth-order valence-electron chi connectivity index (χ4n) is 2.81. The van der Waals surface area contributed by atoms with Gasteiger partial charge in [0.25, 0.3) is 5.91 Å². The third kappa shape index (κ3) is 6.64. The Morgan fingerprint density at radius 1 is 1.21 bits per heavy atom. The molecular formula is C22H28N2O4S. The normalized spacial score (nSPS) is 12.8. The van der Waals surface area contributed by atoms with Gasteiger partial charge in [0.1, 0.15) is 5.75 Å². The molecule has 0 aliphatic rings. The minimum Gasteiger partial charge on any atom is -0.480 e. The van der Waals surface area contributed by atoms with Crippen molar-refractivity contribution in [1.29, 1.82) is 0 Å². The standard InChI is InChI=1S/C22H28N2O4S/c1-6-16-13-15(7-12-19(16)24-29(5,26)27)14-20(21(23)25)28-18-10-8-17(9-11-18)22(2,3)4/h6-13,20,24H,1,14H2,2-5H3,(H2,23,25). The van der Waals surface area contributed by atoms with Crippen molar-refractivity contribution in [2.45, 2.75) is 38.7 Å². The van der Waals surface area contributed by atoms with Crippen LogP contribution in [-0.2, 0) is 26.7 Å².